The Morgan fingerprint density at radius 3 is 2.79 bits per heavy atom. The smallest absolute Gasteiger partial charge is 0.256 e. The van der Waals surface area contributed by atoms with Crippen molar-refractivity contribution in [3.63, 3.8) is 0 Å². The van der Waals surface area contributed by atoms with E-state index < -0.39 is 0 Å². The summed E-state index contributed by atoms with van der Waals surface area (Å²) in [4.78, 5) is 19.1. The quantitative estimate of drug-likeness (QED) is 0.876. The molecular formula is C17H22Cl2FN3O. The summed E-state index contributed by atoms with van der Waals surface area (Å²) >= 11 is 0. The van der Waals surface area contributed by atoms with Crippen molar-refractivity contribution in [2.45, 2.75) is 32.2 Å². The van der Waals surface area contributed by atoms with E-state index in [4.69, 9.17) is 5.73 Å². The van der Waals surface area contributed by atoms with Crippen LogP contribution >= 0.6 is 24.8 Å². The molecule has 1 aromatic heterocycles. The summed E-state index contributed by atoms with van der Waals surface area (Å²) < 4.78 is 13.3. The number of carbonyl (C=O) groups excluding carboxylic acids is 1. The number of halogens is 3. The molecular weight excluding hydrogens is 352 g/mol. The molecule has 0 radical (unpaired) electrons. The Balaban J connectivity index is 0.00000144. The average Bonchev–Trinajstić information content (AvgIpc) is 2.53. The van der Waals surface area contributed by atoms with Crippen LogP contribution in [0.2, 0.25) is 0 Å². The molecule has 2 N–H and O–H groups in total. The molecule has 2 aromatic rings. The molecule has 132 valence electrons. The van der Waals surface area contributed by atoms with E-state index in [-0.39, 0.29) is 42.6 Å². The molecule has 0 aliphatic carbocycles. The van der Waals surface area contributed by atoms with Gasteiger partial charge in [-0.25, -0.2) is 4.39 Å². The van der Waals surface area contributed by atoms with Crippen molar-refractivity contribution in [3.8, 4) is 0 Å². The van der Waals surface area contributed by atoms with Crippen molar-refractivity contribution in [2.24, 2.45) is 5.73 Å². The second-order valence-corrected chi connectivity index (χ2v) is 5.84. The van der Waals surface area contributed by atoms with E-state index in [1.807, 2.05) is 11.0 Å². The fraction of sp³-hybridized carbons (Fsp3) is 0.412. The van der Waals surface area contributed by atoms with E-state index >= 15 is 0 Å². The highest BCUT2D eigenvalue weighted by atomic mass is 35.5. The van der Waals surface area contributed by atoms with Crippen LogP contribution in [0.15, 0.2) is 24.3 Å². The maximum absolute atomic E-state index is 13.3. The van der Waals surface area contributed by atoms with Crippen LogP contribution in [0.4, 0.5) is 4.39 Å². The number of hydrogen-bond acceptors (Lipinski definition) is 3. The summed E-state index contributed by atoms with van der Waals surface area (Å²) in [5.74, 6) is -0.343. The van der Waals surface area contributed by atoms with Crippen molar-refractivity contribution < 1.29 is 9.18 Å². The number of aromatic nitrogens is 1. The van der Waals surface area contributed by atoms with Gasteiger partial charge in [0.05, 0.1) is 16.8 Å². The first-order chi connectivity index (χ1) is 10.6. The standard InChI is InChI=1S/C17H20FN3O.2ClH/c1-11-15(8-12-5-6-13(18)9-16(12)20-11)17(22)21-7-3-2-4-14(21)10-19;;/h5-6,8-9,14H,2-4,7,10,19H2,1H3;2*1H. The minimum atomic E-state index is -0.322. The van der Waals surface area contributed by atoms with E-state index in [1.165, 1.54) is 12.1 Å². The average molecular weight is 374 g/mol. The lowest BCUT2D eigenvalue weighted by Gasteiger charge is -2.35. The number of benzene rings is 1. The van der Waals surface area contributed by atoms with Gasteiger partial charge in [0, 0.05) is 30.6 Å². The molecule has 1 aliphatic rings. The first kappa shape index (κ1) is 20.6. The predicted molar refractivity (Wildman–Crippen MR) is 98.7 cm³/mol. The molecule has 1 atom stereocenters. The number of pyridine rings is 1. The SMILES string of the molecule is Cc1nc2cc(F)ccc2cc1C(=O)N1CCCCC1CN.Cl.Cl. The minimum Gasteiger partial charge on any atom is -0.334 e. The molecule has 24 heavy (non-hydrogen) atoms. The number of nitrogens with two attached hydrogens (primary N) is 1. The van der Waals surface area contributed by atoms with Crippen LogP contribution in [-0.2, 0) is 0 Å². The summed E-state index contributed by atoms with van der Waals surface area (Å²) in [5, 5.41) is 0.775. The van der Waals surface area contributed by atoms with E-state index in [1.54, 1.807) is 13.0 Å². The Morgan fingerprint density at radius 2 is 2.08 bits per heavy atom. The third-order valence-corrected chi connectivity index (χ3v) is 4.36. The lowest BCUT2D eigenvalue weighted by molar-refractivity contribution is 0.0622. The zero-order valence-corrected chi connectivity index (χ0v) is 15.1. The summed E-state index contributed by atoms with van der Waals surface area (Å²) in [7, 11) is 0. The molecule has 0 saturated carbocycles. The van der Waals surface area contributed by atoms with Gasteiger partial charge in [0.15, 0.2) is 0 Å². The van der Waals surface area contributed by atoms with E-state index in [0.29, 0.717) is 23.3 Å². The van der Waals surface area contributed by atoms with Crippen molar-refractivity contribution >= 4 is 41.6 Å². The first-order valence-corrected chi connectivity index (χ1v) is 7.68. The van der Waals surface area contributed by atoms with Crippen molar-refractivity contribution in [3.05, 3.63) is 41.3 Å². The Labute approximate surface area is 153 Å². The Morgan fingerprint density at radius 1 is 1.33 bits per heavy atom. The van der Waals surface area contributed by atoms with Crippen LogP contribution in [0.25, 0.3) is 10.9 Å². The number of amides is 1. The molecule has 0 bridgehead atoms. The van der Waals surface area contributed by atoms with E-state index in [0.717, 1.165) is 31.2 Å². The Kier molecular flexibility index (Phi) is 7.39. The number of rotatable bonds is 2. The number of nitrogens with zero attached hydrogens (tertiary/aromatic N) is 2. The molecule has 1 aromatic carbocycles. The van der Waals surface area contributed by atoms with Crippen LogP contribution in [-0.4, -0.2) is 34.9 Å². The van der Waals surface area contributed by atoms with Gasteiger partial charge in [-0.3, -0.25) is 9.78 Å². The van der Waals surface area contributed by atoms with E-state index in [2.05, 4.69) is 4.98 Å². The van der Waals surface area contributed by atoms with Gasteiger partial charge in [-0.05, 0) is 44.4 Å². The lowest BCUT2D eigenvalue weighted by atomic mass is 10.00. The second kappa shape index (κ2) is 8.60. The second-order valence-electron chi connectivity index (χ2n) is 5.84. The highest BCUT2D eigenvalue weighted by molar-refractivity contribution is 5.98. The number of piperidine rings is 1. The third kappa shape index (κ3) is 3.97. The van der Waals surface area contributed by atoms with E-state index in [9.17, 15) is 9.18 Å². The topological polar surface area (TPSA) is 59.2 Å². The molecule has 0 spiro atoms. The van der Waals surface area contributed by atoms with Gasteiger partial charge in [0.2, 0.25) is 0 Å². The maximum Gasteiger partial charge on any atom is 0.256 e. The Hall–Kier alpha value is -1.43. The molecule has 1 aliphatic heterocycles. The molecule has 7 heteroatoms. The lowest BCUT2D eigenvalue weighted by Crippen LogP contribution is -2.47. The van der Waals surface area contributed by atoms with Gasteiger partial charge in [-0.2, -0.15) is 0 Å². The third-order valence-electron chi connectivity index (χ3n) is 4.36. The summed E-state index contributed by atoms with van der Waals surface area (Å²) in [6, 6.07) is 6.34. The number of fused-ring (bicyclic) bond motifs is 1. The highest BCUT2D eigenvalue weighted by Gasteiger charge is 2.27. The maximum atomic E-state index is 13.3. The summed E-state index contributed by atoms with van der Waals surface area (Å²) in [5.41, 5.74) is 7.59. The zero-order chi connectivity index (χ0) is 15.7. The fourth-order valence-electron chi connectivity index (χ4n) is 3.12. The van der Waals surface area contributed by atoms with Gasteiger partial charge in [0.1, 0.15) is 5.82 Å². The number of likely N-dealkylation sites (tertiary alicyclic amines) is 1. The molecule has 3 rings (SSSR count). The van der Waals surface area contributed by atoms with Crippen LogP contribution in [0, 0.1) is 12.7 Å². The molecule has 1 saturated heterocycles. The zero-order valence-electron chi connectivity index (χ0n) is 13.5. The summed E-state index contributed by atoms with van der Waals surface area (Å²) in [6.45, 7) is 3.01. The predicted octanol–water partition coefficient (Wildman–Crippen LogP) is 3.48. The molecule has 2 heterocycles. The van der Waals surface area contributed by atoms with Gasteiger partial charge < -0.3 is 10.6 Å². The van der Waals surface area contributed by atoms with Crippen LogP contribution in [0.5, 0.6) is 0 Å². The monoisotopic (exact) mass is 373 g/mol. The number of hydrogen-bond donors (Lipinski definition) is 1. The number of aryl methyl sites for hydroxylation is 1. The number of carbonyl (C=O) groups is 1. The normalized spacial score (nSPS) is 17.1. The fourth-order valence-corrected chi connectivity index (χ4v) is 3.12. The molecule has 1 fully saturated rings. The molecule has 1 amide bonds. The molecule has 1 unspecified atom stereocenters. The van der Waals surface area contributed by atoms with Gasteiger partial charge >= 0.3 is 0 Å². The molecule has 4 nitrogen and oxygen atoms in total. The Bertz CT molecular complexity index is 726. The van der Waals surface area contributed by atoms with Gasteiger partial charge in [-0.1, -0.05) is 0 Å². The summed E-state index contributed by atoms with van der Waals surface area (Å²) in [6.07, 6.45) is 3.07. The highest BCUT2D eigenvalue weighted by Crippen LogP contribution is 2.23. The van der Waals surface area contributed by atoms with Crippen molar-refractivity contribution in [1.29, 1.82) is 0 Å². The van der Waals surface area contributed by atoms with Crippen LogP contribution < -0.4 is 5.73 Å². The van der Waals surface area contributed by atoms with Crippen LogP contribution in [0.1, 0.15) is 35.3 Å². The first-order valence-electron chi connectivity index (χ1n) is 7.68. The van der Waals surface area contributed by atoms with Gasteiger partial charge in [0.25, 0.3) is 5.91 Å². The largest absolute Gasteiger partial charge is 0.334 e. The van der Waals surface area contributed by atoms with Crippen LogP contribution in [0.3, 0.4) is 0 Å². The van der Waals surface area contributed by atoms with Crippen molar-refractivity contribution in [1.82, 2.24) is 9.88 Å². The van der Waals surface area contributed by atoms with Gasteiger partial charge in [-0.15, -0.1) is 24.8 Å². The van der Waals surface area contributed by atoms with Crippen molar-refractivity contribution in [2.75, 3.05) is 13.1 Å². The minimum absolute atomic E-state index is 0.